The van der Waals surface area contributed by atoms with Crippen LogP contribution < -0.4 is 0 Å². The second-order valence-electron chi connectivity index (χ2n) is 5.88. The van der Waals surface area contributed by atoms with Crippen molar-refractivity contribution in [3.63, 3.8) is 0 Å². The second-order valence-corrected chi connectivity index (χ2v) is 5.88. The van der Waals surface area contributed by atoms with E-state index in [-0.39, 0.29) is 0 Å². The van der Waals surface area contributed by atoms with Gasteiger partial charge < -0.3 is 9.80 Å². The highest BCUT2D eigenvalue weighted by Crippen LogP contribution is 2.28. The van der Waals surface area contributed by atoms with E-state index in [0.717, 1.165) is 13.1 Å². The van der Waals surface area contributed by atoms with Gasteiger partial charge in [-0.15, -0.1) is 0 Å². The Labute approximate surface area is 112 Å². The van der Waals surface area contributed by atoms with Crippen molar-refractivity contribution < 1.29 is 0 Å². The summed E-state index contributed by atoms with van der Waals surface area (Å²) in [7, 11) is 6.53. The molecule has 2 aliphatic heterocycles. The van der Waals surface area contributed by atoms with E-state index in [4.69, 9.17) is 0 Å². The van der Waals surface area contributed by atoms with E-state index in [1.165, 1.54) is 38.0 Å². The van der Waals surface area contributed by atoms with Crippen LogP contribution in [0, 0.1) is 0 Å². The maximum absolute atomic E-state index is 2.61. The van der Waals surface area contributed by atoms with Crippen LogP contribution in [0.25, 0.3) is 0 Å². The number of rotatable bonds is 4. The van der Waals surface area contributed by atoms with Gasteiger partial charge in [-0.1, -0.05) is 6.08 Å². The van der Waals surface area contributed by atoms with Gasteiger partial charge in [0.15, 0.2) is 0 Å². The molecule has 0 spiro atoms. The molecule has 3 heteroatoms. The quantitative estimate of drug-likeness (QED) is 0.752. The van der Waals surface area contributed by atoms with E-state index >= 15 is 0 Å². The van der Waals surface area contributed by atoms with Gasteiger partial charge in [0, 0.05) is 38.8 Å². The maximum atomic E-state index is 2.61. The lowest BCUT2D eigenvalue weighted by Crippen LogP contribution is -2.38. The molecule has 0 atom stereocenters. The minimum atomic E-state index is 1.09. The van der Waals surface area contributed by atoms with Gasteiger partial charge in [0.25, 0.3) is 0 Å². The molecule has 102 valence electrons. The number of hydrogen-bond acceptors (Lipinski definition) is 3. The lowest BCUT2D eigenvalue weighted by Gasteiger charge is -2.37. The summed E-state index contributed by atoms with van der Waals surface area (Å²) in [6.07, 6.45) is 4.86. The minimum Gasteiger partial charge on any atom is -0.374 e. The van der Waals surface area contributed by atoms with E-state index in [1.54, 1.807) is 11.3 Å². The van der Waals surface area contributed by atoms with Crippen LogP contribution in [0.4, 0.5) is 0 Å². The molecular weight excluding hydrogens is 222 g/mol. The smallest absolute Gasteiger partial charge is 0.0359 e. The molecule has 0 saturated heterocycles. The first-order valence-corrected chi connectivity index (χ1v) is 7.05. The van der Waals surface area contributed by atoms with Crippen molar-refractivity contribution in [1.29, 1.82) is 0 Å². The van der Waals surface area contributed by atoms with E-state index in [2.05, 4.69) is 48.8 Å². The summed E-state index contributed by atoms with van der Waals surface area (Å²) in [5.41, 5.74) is 4.67. The molecule has 0 saturated carbocycles. The first kappa shape index (κ1) is 13.6. The van der Waals surface area contributed by atoms with Gasteiger partial charge in [-0.05, 0) is 51.7 Å². The third-order valence-corrected chi connectivity index (χ3v) is 4.08. The van der Waals surface area contributed by atoms with Crippen LogP contribution in [-0.2, 0) is 0 Å². The Kier molecular flexibility index (Phi) is 4.46. The average Bonchev–Trinajstić information content (AvgIpc) is 2.34. The first-order chi connectivity index (χ1) is 8.58. The Bertz CT molecular complexity index is 355. The molecule has 2 rings (SSSR count). The summed E-state index contributed by atoms with van der Waals surface area (Å²) in [5, 5.41) is 0. The summed E-state index contributed by atoms with van der Waals surface area (Å²) < 4.78 is 0. The van der Waals surface area contributed by atoms with E-state index < -0.39 is 0 Å². The summed E-state index contributed by atoms with van der Waals surface area (Å²) in [5.74, 6) is 0. The van der Waals surface area contributed by atoms with E-state index in [1.807, 2.05) is 0 Å². The topological polar surface area (TPSA) is 9.72 Å². The Morgan fingerprint density at radius 1 is 1.33 bits per heavy atom. The Balaban J connectivity index is 1.92. The molecule has 0 aromatic rings. The first-order valence-electron chi connectivity index (χ1n) is 7.05. The molecule has 2 heterocycles. The van der Waals surface area contributed by atoms with Gasteiger partial charge in [0.2, 0.25) is 0 Å². The average molecular weight is 249 g/mol. The third kappa shape index (κ3) is 3.15. The van der Waals surface area contributed by atoms with Crippen molar-refractivity contribution in [3.05, 3.63) is 22.9 Å². The SMILES string of the molecule is CC1=CCN(C)C2=C1CN(CCCN(C)C)CC2. The number of hydrogen-bond donors (Lipinski definition) is 0. The van der Waals surface area contributed by atoms with Crippen LogP contribution in [-0.4, -0.2) is 68.6 Å². The van der Waals surface area contributed by atoms with Crippen LogP contribution in [0.3, 0.4) is 0 Å². The summed E-state index contributed by atoms with van der Waals surface area (Å²) >= 11 is 0. The highest BCUT2D eigenvalue weighted by Gasteiger charge is 2.23. The maximum Gasteiger partial charge on any atom is 0.0359 e. The molecule has 0 amide bonds. The zero-order valence-corrected chi connectivity index (χ0v) is 12.4. The minimum absolute atomic E-state index is 1.09. The van der Waals surface area contributed by atoms with Crippen molar-refractivity contribution in [2.24, 2.45) is 0 Å². The summed E-state index contributed by atoms with van der Waals surface area (Å²) in [4.78, 5) is 7.30. The normalized spacial score (nSPS) is 21.4. The van der Waals surface area contributed by atoms with Crippen molar-refractivity contribution in [2.75, 3.05) is 53.9 Å². The molecule has 0 fully saturated rings. The number of likely N-dealkylation sites (N-methyl/N-ethyl adjacent to an activating group) is 1. The van der Waals surface area contributed by atoms with Crippen LogP contribution in [0.5, 0.6) is 0 Å². The van der Waals surface area contributed by atoms with E-state index in [0.29, 0.717) is 0 Å². The third-order valence-electron chi connectivity index (χ3n) is 4.08. The zero-order chi connectivity index (χ0) is 13.1. The van der Waals surface area contributed by atoms with Gasteiger partial charge in [-0.25, -0.2) is 0 Å². The molecule has 0 aromatic heterocycles. The molecular formula is C15H27N3. The fourth-order valence-corrected chi connectivity index (χ4v) is 2.89. The fraction of sp³-hybridized carbons (Fsp3) is 0.733. The van der Waals surface area contributed by atoms with Crippen LogP contribution in [0.2, 0.25) is 0 Å². The Morgan fingerprint density at radius 2 is 2.11 bits per heavy atom. The predicted octanol–water partition coefficient (Wildman–Crippen LogP) is 1.79. The Hall–Kier alpha value is -0.800. The van der Waals surface area contributed by atoms with Gasteiger partial charge in [-0.3, -0.25) is 4.90 Å². The molecule has 0 radical (unpaired) electrons. The monoisotopic (exact) mass is 249 g/mol. The van der Waals surface area contributed by atoms with Crippen molar-refractivity contribution >= 4 is 0 Å². The molecule has 0 bridgehead atoms. The van der Waals surface area contributed by atoms with Gasteiger partial charge in [0.1, 0.15) is 0 Å². The molecule has 18 heavy (non-hydrogen) atoms. The fourth-order valence-electron chi connectivity index (χ4n) is 2.89. The van der Waals surface area contributed by atoms with Gasteiger partial charge >= 0.3 is 0 Å². The van der Waals surface area contributed by atoms with Crippen LogP contribution in [0.1, 0.15) is 19.8 Å². The molecule has 0 aliphatic carbocycles. The largest absolute Gasteiger partial charge is 0.374 e. The van der Waals surface area contributed by atoms with E-state index in [9.17, 15) is 0 Å². The van der Waals surface area contributed by atoms with Gasteiger partial charge in [0.05, 0.1) is 0 Å². The van der Waals surface area contributed by atoms with Gasteiger partial charge in [-0.2, -0.15) is 0 Å². The van der Waals surface area contributed by atoms with Crippen LogP contribution in [0.15, 0.2) is 22.9 Å². The molecule has 0 aromatic carbocycles. The summed E-state index contributed by atoms with van der Waals surface area (Å²) in [6, 6.07) is 0. The second kappa shape index (κ2) is 5.89. The lowest BCUT2D eigenvalue weighted by molar-refractivity contribution is 0.246. The molecule has 0 unspecified atom stereocenters. The van der Waals surface area contributed by atoms with Crippen molar-refractivity contribution in [3.8, 4) is 0 Å². The molecule has 3 nitrogen and oxygen atoms in total. The van der Waals surface area contributed by atoms with Crippen LogP contribution >= 0.6 is 0 Å². The predicted molar refractivity (Wildman–Crippen MR) is 77.6 cm³/mol. The number of nitrogens with zero attached hydrogens (tertiary/aromatic N) is 3. The Morgan fingerprint density at radius 3 is 2.83 bits per heavy atom. The van der Waals surface area contributed by atoms with Crippen molar-refractivity contribution in [1.82, 2.24) is 14.7 Å². The standard InChI is InChI=1S/C15H27N3/c1-13-6-10-17(4)15-7-11-18(12-14(13)15)9-5-8-16(2)3/h6H,5,7-12H2,1-4H3. The lowest BCUT2D eigenvalue weighted by atomic mass is 9.95. The molecule has 2 aliphatic rings. The highest BCUT2D eigenvalue weighted by atomic mass is 15.2. The highest BCUT2D eigenvalue weighted by molar-refractivity contribution is 5.39. The van der Waals surface area contributed by atoms with Crippen molar-refractivity contribution in [2.45, 2.75) is 19.8 Å². The zero-order valence-electron chi connectivity index (χ0n) is 12.4. The molecule has 0 N–H and O–H groups in total. The summed E-state index contributed by atoms with van der Waals surface area (Å²) in [6.45, 7) is 8.15.